The Morgan fingerprint density at radius 3 is 3.25 bits per heavy atom. The SMILES string of the molecule is CC(C)CSc1n[nH]c(N2C=CSC2c2ccc3c(c2)CCO3)n1. The van der Waals surface area contributed by atoms with E-state index < -0.39 is 0 Å². The van der Waals surface area contributed by atoms with Crippen LogP contribution in [0.5, 0.6) is 5.75 Å². The van der Waals surface area contributed by atoms with E-state index in [-0.39, 0.29) is 5.37 Å². The van der Waals surface area contributed by atoms with Crippen LogP contribution in [0, 0.1) is 5.92 Å². The Kier molecular flexibility index (Phi) is 4.45. The highest BCUT2D eigenvalue weighted by Crippen LogP contribution is 2.42. The maximum absolute atomic E-state index is 5.61. The molecular formula is C17H20N4OS2. The molecular weight excluding hydrogens is 340 g/mol. The fraction of sp³-hybridized carbons (Fsp3) is 0.412. The van der Waals surface area contributed by atoms with Gasteiger partial charge in [0, 0.05) is 18.4 Å². The largest absolute Gasteiger partial charge is 0.493 e. The molecule has 0 bridgehead atoms. The number of thioether (sulfide) groups is 2. The maximum atomic E-state index is 5.61. The molecule has 24 heavy (non-hydrogen) atoms. The van der Waals surface area contributed by atoms with E-state index in [1.807, 2.05) is 0 Å². The number of hydrogen-bond donors (Lipinski definition) is 1. The molecule has 0 saturated carbocycles. The number of nitrogens with one attached hydrogen (secondary N) is 1. The van der Waals surface area contributed by atoms with Crippen molar-refractivity contribution in [1.29, 1.82) is 0 Å². The normalized spacial score (nSPS) is 19.1. The van der Waals surface area contributed by atoms with Crippen LogP contribution in [0.3, 0.4) is 0 Å². The number of ether oxygens (including phenoxy) is 1. The summed E-state index contributed by atoms with van der Waals surface area (Å²) in [4.78, 5) is 6.79. The molecule has 0 radical (unpaired) electrons. The Bertz CT molecular complexity index is 759. The van der Waals surface area contributed by atoms with Crippen molar-refractivity contribution in [2.24, 2.45) is 5.92 Å². The first-order valence-electron chi connectivity index (χ1n) is 8.12. The van der Waals surface area contributed by atoms with Gasteiger partial charge in [-0.15, -0.1) is 16.9 Å². The molecule has 1 unspecified atom stereocenters. The molecule has 7 heteroatoms. The minimum Gasteiger partial charge on any atom is -0.493 e. The Morgan fingerprint density at radius 1 is 1.46 bits per heavy atom. The van der Waals surface area contributed by atoms with Crippen LogP contribution in [0.4, 0.5) is 5.95 Å². The lowest BCUT2D eigenvalue weighted by atomic mass is 10.1. The van der Waals surface area contributed by atoms with E-state index in [0.717, 1.165) is 35.6 Å². The summed E-state index contributed by atoms with van der Waals surface area (Å²) in [6.07, 6.45) is 3.06. The summed E-state index contributed by atoms with van der Waals surface area (Å²) in [7, 11) is 0. The van der Waals surface area contributed by atoms with Crippen molar-refractivity contribution >= 4 is 29.5 Å². The second kappa shape index (κ2) is 6.72. The van der Waals surface area contributed by atoms with Crippen LogP contribution in [0.2, 0.25) is 0 Å². The van der Waals surface area contributed by atoms with Crippen LogP contribution in [0.15, 0.2) is 35.0 Å². The predicted molar refractivity (Wildman–Crippen MR) is 99.5 cm³/mol. The number of nitrogens with zero attached hydrogens (tertiary/aromatic N) is 3. The van der Waals surface area contributed by atoms with Crippen LogP contribution < -0.4 is 9.64 Å². The number of H-pyrrole nitrogens is 1. The summed E-state index contributed by atoms with van der Waals surface area (Å²) in [5.74, 6) is 3.47. The quantitative estimate of drug-likeness (QED) is 0.806. The molecule has 1 atom stereocenters. The first kappa shape index (κ1) is 15.9. The molecule has 1 aromatic carbocycles. The number of fused-ring (bicyclic) bond motifs is 1. The minimum absolute atomic E-state index is 0.187. The summed E-state index contributed by atoms with van der Waals surface area (Å²) in [6, 6.07) is 6.48. The van der Waals surface area contributed by atoms with E-state index in [9.17, 15) is 0 Å². The lowest BCUT2D eigenvalue weighted by molar-refractivity contribution is 0.357. The van der Waals surface area contributed by atoms with Gasteiger partial charge < -0.3 is 9.64 Å². The fourth-order valence-corrected chi connectivity index (χ4v) is 4.46. The van der Waals surface area contributed by atoms with E-state index in [0.29, 0.717) is 5.92 Å². The van der Waals surface area contributed by atoms with Gasteiger partial charge in [-0.1, -0.05) is 31.7 Å². The van der Waals surface area contributed by atoms with Gasteiger partial charge in [0.25, 0.3) is 0 Å². The molecule has 1 aromatic heterocycles. The zero-order chi connectivity index (χ0) is 16.5. The van der Waals surface area contributed by atoms with Gasteiger partial charge in [-0.05, 0) is 34.6 Å². The molecule has 2 aliphatic rings. The van der Waals surface area contributed by atoms with Crippen molar-refractivity contribution in [2.45, 2.75) is 30.8 Å². The molecule has 3 heterocycles. The van der Waals surface area contributed by atoms with Crippen molar-refractivity contribution in [3.8, 4) is 5.75 Å². The summed E-state index contributed by atoms with van der Waals surface area (Å²) >= 11 is 3.48. The molecule has 2 aromatic rings. The topological polar surface area (TPSA) is 54.0 Å². The first-order chi connectivity index (χ1) is 11.7. The standard InChI is InChI=1S/C17H20N4OS2/c1-11(2)10-24-17-18-16(19-20-17)21-6-8-23-15(21)13-3-4-14-12(9-13)5-7-22-14/h3-4,6,8-9,11,15H,5,7,10H2,1-2H3,(H,18,19,20). The Morgan fingerprint density at radius 2 is 2.38 bits per heavy atom. The average Bonchev–Trinajstić information content (AvgIpc) is 3.30. The van der Waals surface area contributed by atoms with Crippen molar-refractivity contribution in [1.82, 2.24) is 15.2 Å². The molecule has 0 amide bonds. The average molecular weight is 361 g/mol. The van der Waals surface area contributed by atoms with E-state index in [1.54, 1.807) is 23.5 Å². The third kappa shape index (κ3) is 3.15. The lowest BCUT2D eigenvalue weighted by Crippen LogP contribution is -2.18. The van der Waals surface area contributed by atoms with Gasteiger partial charge in [0.1, 0.15) is 11.1 Å². The number of hydrogen-bond acceptors (Lipinski definition) is 6. The predicted octanol–water partition coefficient (Wildman–Crippen LogP) is 4.21. The molecule has 5 nitrogen and oxygen atoms in total. The van der Waals surface area contributed by atoms with E-state index >= 15 is 0 Å². The number of rotatable bonds is 5. The summed E-state index contributed by atoms with van der Waals surface area (Å²) in [5, 5.41) is 10.5. The van der Waals surface area contributed by atoms with Crippen LogP contribution in [0.1, 0.15) is 30.3 Å². The second-order valence-electron chi connectivity index (χ2n) is 6.29. The van der Waals surface area contributed by atoms with E-state index in [2.05, 4.69) is 63.7 Å². The highest BCUT2D eigenvalue weighted by molar-refractivity contribution is 8.02. The molecule has 4 rings (SSSR count). The van der Waals surface area contributed by atoms with Gasteiger partial charge in [0.15, 0.2) is 0 Å². The van der Waals surface area contributed by atoms with Gasteiger partial charge in [-0.25, -0.2) is 5.10 Å². The Balaban J connectivity index is 1.53. The Hall–Kier alpha value is -1.60. The zero-order valence-electron chi connectivity index (χ0n) is 13.7. The van der Waals surface area contributed by atoms with Gasteiger partial charge in [0.05, 0.1) is 6.61 Å². The van der Waals surface area contributed by atoms with Crippen LogP contribution in [-0.4, -0.2) is 27.5 Å². The summed E-state index contributed by atoms with van der Waals surface area (Å²) in [5.41, 5.74) is 2.56. The third-order valence-electron chi connectivity index (χ3n) is 3.92. The van der Waals surface area contributed by atoms with Crippen LogP contribution in [-0.2, 0) is 6.42 Å². The van der Waals surface area contributed by atoms with Gasteiger partial charge >= 0.3 is 0 Å². The summed E-state index contributed by atoms with van der Waals surface area (Å²) < 4.78 is 5.61. The summed E-state index contributed by atoms with van der Waals surface area (Å²) in [6.45, 7) is 5.19. The Labute approximate surface area is 150 Å². The van der Waals surface area contributed by atoms with Crippen molar-refractivity contribution in [3.63, 3.8) is 0 Å². The maximum Gasteiger partial charge on any atom is 0.227 e. The molecule has 126 valence electrons. The number of anilines is 1. The van der Waals surface area contributed by atoms with E-state index in [1.165, 1.54) is 11.1 Å². The van der Waals surface area contributed by atoms with Gasteiger partial charge in [0.2, 0.25) is 11.1 Å². The van der Waals surface area contributed by atoms with Gasteiger partial charge in [-0.2, -0.15) is 4.98 Å². The smallest absolute Gasteiger partial charge is 0.227 e. The lowest BCUT2D eigenvalue weighted by Gasteiger charge is -2.22. The van der Waals surface area contributed by atoms with Crippen molar-refractivity contribution in [2.75, 3.05) is 17.3 Å². The number of aromatic amines is 1. The molecule has 2 aliphatic heterocycles. The van der Waals surface area contributed by atoms with Gasteiger partial charge in [-0.3, -0.25) is 0 Å². The van der Waals surface area contributed by atoms with Crippen LogP contribution in [0.25, 0.3) is 0 Å². The minimum atomic E-state index is 0.187. The van der Waals surface area contributed by atoms with Crippen molar-refractivity contribution < 1.29 is 4.74 Å². The monoisotopic (exact) mass is 360 g/mol. The second-order valence-corrected chi connectivity index (χ2v) is 8.27. The number of aromatic nitrogens is 3. The molecule has 0 fully saturated rings. The highest BCUT2D eigenvalue weighted by atomic mass is 32.2. The molecule has 0 saturated heterocycles. The zero-order valence-corrected chi connectivity index (χ0v) is 15.4. The first-order valence-corrected chi connectivity index (χ1v) is 10.0. The van der Waals surface area contributed by atoms with E-state index in [4.69, 9.17) is 4.74 Å². The fourth-order valence-electron chi connectivity index (χ4n) is 2.76. The third-order valence-corrected chi connectivity index (χ3v) is 6.23. The highest BCUT2D eigenvalue weighted by Gasteiger charge is 2.27. The van der Waals surface area contributed by atoms with Crippen LogP contribution >= 0.6 is 23.5 Å². The molecule has 0 aliphatic carbocycles. The molecule has 0 spiro atoms. The molecule has 1 N–H and O–H groups in total. The van der Waals surface area contributed by atoms with Crippen molar-refractivity contribution in [3.05, 3.63) is 40.9 Å². The number of benzene rings is 1.